The van der Waals surface area contributed by atoms with E-state index in [1.165, 1.54) is 0 Å². The molecule has 0 aromatic heterocycles. The Hall–Kier alpha value is -5.47. The zero-order chi connectivity index (χ0) is 39.7. The number of carbonyl (C=O) groups excluding carboxylic acids is 3. The highest BCUT2D eigenvalue weighted by atomic mass is 16.5. The molecule has 1 N–H and O–H groups in total. The summed E-state index contributed by atoms with van der Waals surface area (Å²) in [7, 11) is 0. The van der Waals surface area contributed by atoms with Gasteiger partial charge in [0.2, 0.25) is 11.8 Å². The quantitative estimate of drug-likeness (QED) is 0.0971. The average molecular weight is 750 g/mol. The first kappa shape index (κ1) is 41.7. The van der Waals surface area contributed by atoms with Gasteiger partial charge in [0.1, 0.15) is 5.78 Å². The molecule has 2 heterocycles. The molecule has 7 heteroatoms. The van der Waals surface area contributed by atoms with Crippen LogP contribution in [0.25, 0.3) is 0 Å². The number of rotatable bonds is 15. The number of nitrogens with one attached hydrogen (secondary N) is 1. The third kappa shape index (κ3) is 12.5. The average Bonchev–Trinajstić information content (AvgIpc) is 3.18. The van der Waals surface area contributed by atoms with Gasteiger partial charge in [0, 0.05) is 60.5 Å². The number of hydrogen-bond donors (Lipinski definition) is 1. The predicted molar refractivity (Wildman–Crippen MR) is 226 cm³/mol. The maximum atomic E-state index is 13.1. The molecule has 4 aromatic rings. The molecule has 0 unspecified atom stereocenters. The van der Waals surface area contributed by atoms with Crippen molar-refractivity contribution in [2.75, 3.05) is 29.6 Å². The van der Waals surface area contributed by atoms with E-state index in [1.807, 2.05) is 95.9 Å². The number of ether oxygens (including phenoxy) is 1. The summed E-state index contributed by atoms with van der Waals surface area (Å²) in [6.07, 6.45) is 4.26. The van der Waals surface area contributed by atoms with Crippen LogP contribution in [0, 0.1) is 29.6 Å². The SMILES string of the molecule is CC(C)CCCC(=O)N1Cc2ccccc2C#Cc2ccccc21.CC(C)NCCOCCC(=O)CCCC(=O)N1Cc2ccccc2C#Cc2ccccc21. The second-order valence-corrected chi connectivity index (χ2v) is 15.0. The number of para-hydroxylation sites is 2. The van der Waals surface area contributed by atoms with Crippen LogP contribution < -0.4 is 15.1 Å². The van der Waals surface area contributed by atoms with Gasteiger partial charge in [-0.05, 0) is 66.3 Å². The molecule has 0 aliphatic carbocycles. The van der Waals surface area contributed by atoms with Crippen LogP contribution in [0.1, 0.15) is 106 Å². The summed E-state index contributed by atoms with van der Waals surface area (Å²) in [5.41, 5.74) is 7.60. The second kappa shape index (κ2) is 21.6. The van der Waals surface area contributed by atoms with Crippen molar-refractivity contribution in [3.8, 4) is 23.7 Å². The monoisotopic (exact) mass is 749 g/mol. The number of amides is 2. The molecule has 290 valence electrons. The Morgan fingerprint density at radius 2 is 1.05 bits per heavy atom. The molecule has 0 saturated heterocycles. The lowest BCUT2D eigenvalue weighted by atomic mass is 10.0. The number of ketones is 1. The molecule has 0 atom stereocenters. The van der Waals surface area contributed by atoms with Crippen LogP contribution in [0.5, 0.6) is 0 Å². The summed E-state index contributed by atoms with van der Waals surface area (Å²) in [6.45, 7) is 11.4. The Balaban J connectivity index is 0.000000223. The number of benzene rings is 4. The molecule has 56 heavy (non-hydrogen) atoms. The van der Waals surface area contributed by atoms with Crippen molar-refractivity contribution in [1.82, 2.24) is 5.32 Å². The van der Waals surface area contributed by atoms with Crippen molar-refractivity contribution >= 4 is 29.0 Å². The number of Topliss-reactive ketones (excluding diaryl/α,β-unsaturated/α-hetero) is 1. The van der Waals surface area contributed by atoms with Gasteiger partial charge in [-0.1, -0.05) is 118 Å². The number of hydrogen-bond acceptors (Lipinski definition) is 5. The Morgan fingerprint density at radius 1 is 0.589 bits per heavy atom. The Morgan fingerprint density at radius 3 is 1.57 bits per heavy atom. The maximum Gasteiger partial charge on any atom is 0.227 e. The van der Waals surface area contributed by atoms with Crippen LogP contribution >= 0.6 is 0 Å². The first-order valence-corrected chi connectivity index (χ1v) is 20.0. The molecule has 6 rings (SSSR count). The van der Waals surface area contributed by atoms with Crippen molar-refractivity contribution in [2.45, 2.75) is 91.8 Å². The van der Waals surface area contributed by atoms with Crippen LogP contribution in [-0.4, -0.2) is 43.4 Å². The van der Waals surface area contributed by atoms with Crippen LogP contribution in [0.2, 0.25) is 0 Å². The van der Waals surface area contributed by atoms with Crippen LogP contribution in [0.4, 0.5) is 11.4 Å². The first-order chi connectivity index (χ1) is 27.2. The summed E-state index contributed by atoms with van der Waals surface area (Å²) in [6, 6.07) is 32.1. The minimum atomic E-state index is 0.0137. The Bertz CT molecular complexity index is 2080. The minimum Gasteiger partial charge on any atom is -0.380 e. The molecule has 0 bridgehead atoms. The van der Waals surface area contributed by atoms with Crippen LogP contribution in [-0.2, 0) is 32.2 Å². The van der Waals surface area contributed by atoms with Gasteiger partial charge in [0.05, 0.1) is 37.7 Å². The summed E-state index contributed by atoms with van der Waals surface area (Å²) < 4.78 is 5.50. The molecule has 4 aromatic carbocycles. The fraction of sp³-hybridized carbons (Fsp3) is 0.367. The largest absolute Gasteiger partial charge is 0.380 e. The molecule has 7 nitrogen and oxygen atoms in total. The van der Waals surface area contributed by atoms with Gasteiger partial charge in [-0.3, -0.25) is 14.4 Å². The zero-order valence-electron chi connectivity index (χ0n) is 33.4. The van der Waals surface area contributed by atoms with Gasteiger partial charge >= 0.3 is 0 Å². The number of anilines is 2. The van der Waals surface area contributed by atoms with E-state index in [2.05, 4.69) is 62.8 Å². The fourth-order valence-corrected chi connectivity index (χ4v) is 6.62. The van der Waals surface area contributed by atoms with E-state index in [0.29, 0.717) is 70.4 Å². The van der Waals surface area contributed by atoms with E-state index in [0.717, 1.165) is 64.1 Å². The topological polar surface area (TPSA) is 79.0 Å². The van der Waals surface area contributed by atoms with E-state index >= 15 is 0 Å². The lowest BCUT2D eigenvalue weighted by Crippen LogP contribution is -2.31. The van der Waals surface area contributed by atoms with Crippen molar-refractivity contribution in [3.05, 3.63) is 130 Å². The normalized spacial score (nSPS) is 12.4. The van der Waals surface area contributed by atoms with E-state index in [1.54, 1.807) is 4.90 Å². The van der Waals surface area contributed by atoms with Crippen molar-refractivity contribution in [2.24, 2.45) is 5.92 Å². The van der Waals surface area contributed by atoms with Gasteiger partial charge < -0.3 is 19.9 Å². The lowest BCUT2D eigenvalue weighted by molar-refractivity contribution is -0.121. The summed E-state index contributed by atoms with van der Waals surface area (Å²) in [5, 5.41) is 3.27. The minimum absolute atomic E-state index is 0.0137. The first-order valence-electron chi connectivity index (χ1n) is 20.0. The standard InChI is InChI=1S/C27H32N2O3.C22H23NO/c1-21(2)28-17-19-32-18-16-25(30)11-7-13-27(31)29-20-24-10-4-3-8-22(24)14-15-23-9-5-6-12-26(23)29;1-17(2)8-7-13-22(24)23-16-20-11-4-3-9-18(20)14-15-19-10-5-6-12-21(19)23/h3-6,8-10,12,21,28H,7,11,13,16-20H2,1-2H3;3-6,9-12,17H,7-8,13,16H2,1-2H3. The van der Waals surface area contributed by atoms with E-state index in [9.17, 15) is 14.4 Å². The highest BCUT2D eigenvalue weighted by Gasteiger charge is 2.22. The van der Waals surface area contributed by atoms with Crippen molar-refractivity contribution in [3.63, 3.8) is 0 Å². The van der Waals surface area contributed by atoms with Crippen molar-refractivity contribution in [1.29, 1.82) is 0 Å². The van der Waals surface area contributed by atoms with Crippen molar-refractivity contribution < 1.29 is 19.1 Å². The zero-order valence-corrected chi connectivity index (χ0v) is 33.4. The van der Waals surface area contributed by atoms with E-state index in [-0.39, 0.29) is 17.6 Å². The summed E-state index contributed by atoms with van der Waals surface area (Å²) in [5.74, 6) is 13.9. The molecule has 2 aliphatic rings. The Kier molecular flexibility index (Phi) is 16.1. The van der Waals surface area contributed by atoms with E-state index < -0.39 is 0 Å². The van der Waals surface area contributed by atoms with Gasteiger partial charge in [-0.25, -0.2) is 0 Å². The molecular formula is C49H55N3O4. The lowest BCUT2D eigenvalue weighted by Gasteiger charge is -2.26. The summed E-state index contributed by atoms with van der Waals surface area (Å²) in [4.78, 5) is 41.9. The van der Waals surface area contributed by atoms with Gasteiger partial charge in [-0.15, -0.1) is 0 Å². The number of carbonyl (C=O) groups is 3. The fourth-order valence-electron chi connectivity index (χ4n) is 6.62. The van der Waals surface area contributed by atoms with Gasteiger partial charge in [0.15, 0.2) is 0 Å². The van der Waals surface area contributed by atoms with Gasteiger partial charge in [-0.2, -0.15) is 0 Å². The number of nitrogens with zero attached hydrogens (tertiary/aromatic N) is 2. The molecule has 0 spiro atoms. The van der Waals surface area contributed by atoms with Crippen LogP contribution in [0.3, 0.4) is 0 Å². The highest BCUT2D eigenvalue weighted by molar-refractivity contribution is 5.96. The van der Waals surface area contributed by atoms with Gasteiger partial charge in [0.25, 0.3) is 0 Å². The predicted octanol–water partition coefficient (Wildman–Crippen LogP) is 8.84. The molecular weight excluding hydrogens is 695 g/mol. The molecule has 0 saturated carbocycles. The summed E-state index contributed by atoms with van der Waals surface area (Å²) >= 11 is 0. The molecule has 2 amide bonds. The molecule has 2 aliphatic heterocycles. The maximum absolute atomic E-state index is 13.1. The third-order valence-corrected chi connectivity index (χ3v) is 9.69. The highest BCUT2D eigenvalue weighted by Crippen LogP contribution is 2.28. The number of fused-ring (bicyclic) bond motifs is 4. The Labute approximate surface area is 333 Å². The second-order valence-electron chi connectivity index (χ2n) is 15.0. The smallest absolute Gasteiger partial charge is 0.227 e. The molecule has 0 radical (unpaired) electrons. The third-order valence-electron chi connectivity index (χ3n) is 9.69. The molecule has 0 fully saturated rings. The van der Waals surface area contributed by atoms with Crippen LogP contribution in [0.15, 0.2) is 97.1 Å². The van der Waals surface area contributed by atoms with E-state index in [4.69, 9.17) is 4.74 Å².